The quantitative estimate of drug-likeness (QED) is 0.525. The Kier molecular flexibility index (Phi) is 5.35. The fraction of sp³-hybridized carbons (Fsp3) is 0.769. The second-order valence-electron chi connectivity index (χ2n) is 5.77. The first-order chi connectivity index (χ1) is 9.19. The van der Waals surface area contributed by atoms with Crippen molar-refractivity contribution in [3.63, 3.8) is 0 Å². The molecule has 1 aliphatic rings. The molecule has 0 aromatic heterocycles. The number of rotatable bonds is 0. The SMILES string of the molecule is CC(=N)OC(=N)N1CCCN(C(=O)OC(C)(C)C)CC1. The van der Waals surface area contributed by atoms with Gasteiger partial charge in [0.15, 0.2) is 5.90 Å². The average molecular weight is 284 g/mol. The van der Waals surface area contributed by atoms with Crippen LogP contribution >= 0.6 is 0 Å². The second kappa shape index (κ2) is 6.58. The molecule has 1 saturated heterocycles. The lowest BCUT2D eigenvalue weighted by Crippen LogP contribution is -2.40. The van der Waals surface area contributed by atoms with Crippen molar-refractivity contribution in [1.82, 2.24) is 9.80 Å². The van der Waals surface area contributed by atoms with Gasteiger partial charge in [0, 0.05) is 33.1 Å². The van der Waals surface area contributed by atoms with E-state index in [2.05, 4.69) is 0 Å². The van der Waals surface area contributed by atoms with Gasteiger partial charge in [0.2, 0.25) is 0 Å². The van der Waals surface area contributed by atoms with E-state index >= 15 is 0 Å². The molecular weight excluding hydrogens is 260 g/mol. The van der Waals surface area contributed by atoms with E-state index in [1.54, 1.807) is 9.80 Å². The van der Waals surface area contributed by atoms with Crippen LogP contribution in [0.2, 0.25) is 0 Å². The smallest absolute Gasteiger partial charge is 0.410 e. The van der Waals surface area contributed by atoms with Crippen molar-refractivity contribution in [2.75, 3.05) is 26.2 Å². The van der Waals surface area contributed by atoms with E-state index in [1.807, 2.05) is 20.8 Å². The molecule has 1 heterocycles. The van der Waals surface area contributed by atoms with Crippen LogP contribution in [-0.2, 0) is 9.47 Å². The Morgan fingerprint density at radius 2 is 1.60 bits per heavy atom. The summed E-state index contributed by atoms with van der Waals surface area (Å²) in [5.41, 5.74) is -0.504. The van der Waals surface area contributed by atoms with Crippen molar-refractivity contribution in [2.24, 2.45) is 0 Å². The summed E-state index contributed by atoms with van der Waals surface area (Å²) in [4.78, 5) is 15.4. The zero-order chi connectivity index (χ0) is 15.3. The molecule has 0 bridgehead atoms. The van der Waals surface area contributed by atoms with E-state index in [9.17, 15) is 4.79 Å². The van der Waals surface area contributed by atoms with Gasteiger partial charge in [-0.25, -0.2) is 4.79 Å². The van der Waals surface area contributed by atoms with Gasteiger partial charge >= 0.3 is 6.09 Å². The Labute approximate surface area is 119 Å². The third-order valence-corrected chi connectivity index (χ3v) is 2.68. The molecule has 1 fully saturated rings. The second-order valence-corrected chi connectivity index (χ2v) is 5.77. The highest BCUT2D eigenvalue weighted by Crippen LogP contribution is 2.12. The molecular formula is C13H24N4O3. The summed E-state index contributed by atoms with van der Waals surface area (Å²) < 4.78 is 10.3. The fourth-order valence-corrected chi connectivity index (χ4v) is 1.84. The highest BCUT2D eigenvalue weighted by Gasteiger charge is 2.25. The number of hydrogen-bond acceptors (Lipinski definition) is 5. The number of nitrogens with one attached hydrogen (secondary N) is 2. The van der Waals surface area contributed by atoms with Crippen LogP contribution in [0, 0.1) is 10.8 Å². The summed E-state index contributed by atoms with van der Waals surface area (Å²) in [6.45, 7) is 9.22. The van der Waals surface area contributed by atoms with Gasteiger partial charge in [0.05, 0.1) is 0 Å². The topological polar surface area (TPSA) is 89.7 Å². The number of carbonyl (C=O) groups excluding carboxylic acids is 1. The largest absolute Gasteiger partial charge is 0.444 e. The Bertz CT molecular complexity index is 390. The van der Waals surface area contributed by atoms with E-state index in [-0.39, 0.29) is 18.0 Å². The third-order valence-electron chi connectivity index (χ3n) is 2.68. The molecule has 7 nitrogen and oxygen atoms in total. The molecule has 0 aromatic carbocycles. The van der Waals surface area contributed by atoms with E-state index < -0.39 is 5.60 Å². The van der Waals surface area contributed by atoms with Crippen molar-refractivity contribution in [3.8, 4) is 0 Å². The van der Waals surface area contributed by atoms with Crippen LogP contribution in [0.1, 0.15) is 34.1 Å². The molecule has 0 unspecified atom stereocenters. The molecule has 0 aliphatic carbocycles. The minimum Gasteiger partial charge on any atom is -0.444 e. The zero-order valence-corrected chi connectivity index (χ0v) is 12.7. The number of nitrogens with zero attached hydrogens (tertiary/aromatic N) is 2. The van der Waals surface area contributed by atoms with Crippen LogP contribution < -0.4 is 0 Å². The van der Waals surface area contributed by atoms with Gasteiger partial charge < -0.3 is 19.3 Å². The number of amides is 1. The van der Waals surface area contributed by atoms with Crippen LogP contribution in [-0.4, -0.2) is 59.6 Å². The molecule has 7 heteroatoms. The first-order valence-electron chi connectivity index (χ1n) is 6.73. The van der Waals surface area contributed by atoms with E-state index in [1.165, 1.54) is 6.92 Å². The molecule has 0 saturated carbocycles. The van der Waals surface area contributed by atoms with E-state index in [0.717, 1.165) is 6.42 Å². The monoisotopic (exact) mass is 284 g/mol. The molecule has 1 aliphatic heterocycles. The standard InChI is InChI=1S/C13H24N4O3/c1-10(14)19-11(15)16-6-5-7-17(9-8-16)12(18)20-13(2,3)4/h14-15H,5-9H2,1-4H3. The molecule has 20 heavy (non-hydrogen) atoms. The van der Waals surface area contributed by atoms with E-state index in [4.69, 9.17) is 20.3 Å². The van der Waals surface area contributed by atoms with E-state index in [0.29, 0.717) is 26.2 Å². The summed E-state index contributed by atoms with van der Waals surface area (Å²) in [7, 11) is 0. The van der Waals surface area contributed by atoms with Gasteiger partial charge in [-0.3, -0.25) is 10.8 Å². The molecule has 114 valence electrons. The zero-order valence-electron chi connectivity index (χ0n) is 12.7. The van der Waals surface area contributed by atoms with Crippen molar-refractivity contribution in [1.29, 1.82) is 10.8 Å². The number of amidine groups is 1. The predicted molar refractivity (Wildman–Crippen MR) is 76.2 cm³/mol. The molecule has 2 N–H and O–H groups in total. The Morgan fingerprint density at radius 1 is 1.05 bits per heavy atom. The number of carbonyl (C=O) groups is 1. The summed E-state index contributed by atoms with van der Waals surface area (Å²) in [6, 6.07) is -0.0384. The first kappa shape index (κ1) is 16.3. The van der Waals surface area contributed by atoms with Gasteiger partial charge in [-0.15, -0.1) is 0 Å². The van der Waals surface area contributed by atoms with Crippen molar-refractivity contribution in [2.45, 2.75) is 39.7 Å². The normalized spacial score (nSPS) is 16.4. The highest BCUT2D eigenvalue weighted by molar-refractivity contribution is 5.85. The third kappa shape index (κ3) is 5.46. The summed E-state index contributed by atoms with van der Waals surface area (Å²) in [5.74, 6) is -0.0109. The number of hydrogen-bond donors (Lipinski definition) is 2. The summed E-state index contributed by atoms with van der Waals surface area (Å²) in [5, 5.41) is 15.0. The Hall–Kier alpha value is -1.79. The average Bonchev–Trinajstić information content (AvgIpc) is 2.50. The van der Waals surface area contributed by atoms with Crippen LogP contribution in [0.5, 0.6) is 0 Å². The molecule has 1 rings (SSSR count). The summed E-state index contributed by atoms with van der Waals surface area (Å²) in [6.07, 6.45) is 0.414. The predicted octanol–water partition coefficient (Wildman–Crippen LogP) is 1.88. The van der Waals surface area contributed by atoms with Gasteiger partial charge in [-0.05, 0) is 27.2 Å². The molecule has 0 radical (unpaired) electrons. The van der Waals surface area contributed by atoms with Crippen molar-refractivity contribution < 1.29 is 14.3 Å². The maximum Gasteiger partial charge on any atom is 0.410 e. The lowest BCUT2D eigenvalue weighted by Gasteiger charge is -2.26. The highest BCUT2D eigenvalue weighted by atomic mass is 16.6. The molecule has 0 atom stereocenters. The van der Waals surface area contributed by atoms with Crippen molar-refractivity contribution >= 4 is 18.0 Å². The van der Waals surface area contributed by atoms with Gasteiger partial charge in [-0.2, -0.15) is 0 Å². The summed E-state index contributed by atoms with van der Waals surface area (Å²) >= 11 is 0. The fourth-order valence-electron chi connectivity index (χ4n) is 1.84. The van der Waals surface area contributed by atoms with Crippen LogP contribution in [0.25, 0.3) is 0 Å². The first-order valence-corrected chi connectivity index (χ1v) is 6.73. The maximum atomic E-state index is 12.0. The number of ether oxygens (including phenoxy) is 2. The maximum absolute atomic E-state index is 12.0. The minimum atomic E-state index is -0.504. The lowest BCUT2D eigenvalue weighted by molar-refractivity contribution is 0.0259. The Balaban J connectivity index is 2.53. The molecule has 1 amide bonds. The molecule has 0 aromatic rings. The van der Waals surface area contributed by atoms with Crippen LogP contribution in [0.15, 0.2) is 0 Å². The van der Waals surface area contributed by atoms with Gasteiger partial charge in [-0.1, -0.05) is 0 Å². The van der Waals surface area contributed by atoms with Gasteiger partial charge in [0.25, 0.3) is 6.02 Å². The van der Waals surface area contributed by atoms with Gasteiger partial charge in [0.1, 0.15) is 5.60 Å². The van der Waals surface area contributed by atoms with Crippen molar-refractivity contribution in [3.05, 3.63) is 0 Å². The van der Waals surface area contributed by atoms with Crippen LogP contribution in [0.3, 0.4) is 0 Å². The lowest BCUT2D eigenvalue weighted by atomic mass is 10.2. The van der Waals surface area contributed by atoms with Crippen LogP contribution in [0.4, 0.5) is 4.79 Å². The minimum absolute atomic E-state index is 0.0109. The molecule has 0 spiro atoms. The Morgan fingerprint density at radius 3 is 2.15 bits per heavy atom.